The van der Waals surface area contributed by atoms with Gasteiger partial charge in [0, 0.05) is 0 Å². The molecule has 0 aliphatic carbocycles. The third-order valence-corrected chi connectivity index (χ3v) is 3.36. The Labute approximate surface area is 151 Å². The lowest BCUT2D eigenvalue weighted by Crippen LogP contribution is -2.37. The summed E-state index contributed by atoms with van der Waals surface area (Å²) in [5, 5.41) is 16.7. The van der Waals surface area contributed by atoms with Crippen molar-refractivity contribution in [2.75, 3.05) is 55.4 Å². The van der Waals surface area contributed by atoms with Crippen molar-refractivity contribution in [2.24, 2.45) is 0 Å². The molecular formula is C19H44N2O3. The van der Waals surface area contributed by atoms with Crippen molar-refractivity contribution in [1.29, 1.82) is 0 Å². The van der Waals surface area contributed by atoms with E-state index in [0.717, 1.165) is 8.97 Å². The maximum absolute atomic E-state index is 8.33. The molecule has 0 radical (unpaired) electrons. The number of rotatable bonds is 10. The van der Waals surface area contributed by atoms with Crippen LogP contribution in [0.1, 0.15) is 65.2 Å². The molecule has 0 atom stereocenters. The van der Waals surface area contributed by atoms with Gasteiger partial charge in [-0.1, -0.05) is 39.5 Å². The Kier molecular flexibility index (Phi) is 19.9. The summed E-state index contributed by atoms with van der Waals surface area (Å²) >= 11 is 0. The van der Waals surface area contributed by atoms with Gasteiger partial charge in [-0.2, -0.15) is 0 Å². The average molecular weight is 349 g/mol. The van der Waals surface area contributed by atoms with E-state index in [0.29, 0.717) is 0 Å². The minimum Gasteiger partial charge on any atom is -0.652 e. The van der Waals surface area contributed by atoms with Crippen molar-refractivity contribution in [2.45, 2.75) is 65.2 Å². The highest BCUT2D eigenvalue weighted by atomic mass is 16.6. The van der Waals surface area contributed by atoms with Gasteiger partial charge in [-0.05, 0) is 31.8 Å². The predicted molar refractivity (Wildman–Crippen MR) is 99.5 cm³/mol. The molecule has 0 aromatic carbocycles. The summed E-state index contributed by atoms with van der Waals surface area (Å²) < 4.78 is 2.23. The van der Waals surface area contributed by atoms with Crippen LogP contribution in [0.2, 0.25) is 0 Å². The largest absolute Gasteiger partial charge is 0.652 e. The van der Waals surface area contributed by atoms with Crippen LogP contribution in [-0.2, 0) is 0 Å². The Bertz CT molecular complexity index is 243. The van der Waals surface area contributed by atoms with E-state index in [1.807, 2.05) is 0 Å². The summed E-state index contributed by atoms with van der Waals surface area (Å²) in [7, 11) is 13.5. The fourth-order valence-corrected chi connectivity index (χ4v) is 2.03. The smallest absolute Gasteiger partial charge is 0.0780 e. The number of carboxylic acid groups (broad SMARTS) is 2. The SMILES string of the molecule is CCCCCC[N+](C)(C)C.CCCCCC[N+](C)(C)C.O=C([O-])[O-]. The van der Waals surface area contributed by atoms with Crippen LogP contribution in [0.25, 0.3) is 0 Å². The molecule has 24 heavy (non-hydrogen) atoms. The second-order valence-corrected chi connectivity index (χ2v) is 8.40. The van der Waals surface area contributed by atoms with Crippen LogP contribution >= 0.6 is 0 Å². The minimum absolute atomic E-state index is 1.11. The Balaban J connectivity index is -0.000000301. The first-order valence-electron chi connectivity index (χ1n) is 9.34. The number of hydrogen-bond donors (Lipinski definition) is 0. The van der Waals surface area contributed by atoms with Gasteiger partial charge < -0.3 is 24.0 Å². The van der Waals surface area contributed by atoms with Crippen LogP contribution in [0.15, 0.2) is 0 Å². The van der Waals surface area contributed by atoms with Gasteiger partial charge in [0.05, 0.1) is 55.4 Å². The predicted octanol–water partition coefficient (Wildman–Crippen LogP) is 2.10. The molecule has 0 saturated heterocycles. The van der Waals surface area contributed by atoms with Crippen molar-refractivity contribution in [3.8, 4) is 0 Å². The molecule has 5 nitrogen and oxygen atoms in total. The quantitative estimate of drug-likeness (QED) is 0.449. The van der Waals surface area contributed by atoms with Gasteiger partial charge in [0.25, 0.3) is 0 Å². The number of carbonyl (C=O) groups excluding carboxylic acids is 1. The molecule has 0 unspecified atom stereocenters. The molecule has 0 heterocycles. The molecule has 0 fully saturated rings. The highest BCUT2D eigenvalue weighted by Crippen LogP contribution is 2.02. The van der Waals surface area contributed by atoms with E-state index in [-0.39, 0.29) is 0 Å². The van der Waals surface area contributed by atoms with Crippen molar-refractivity contribution < 1.29 is 24.0 Å². The highest BCUT2D eigenvalue weighted by Gasteiger charge is 2.04. The molecule has 0 N–H and O–H groups in total. The van der Waals surface area contributed by atoms with Gasteiger partial charge in [-0.3, -0.25) is 0 Å². The molecule has 0 aromatic heterocycles. The zero-order valence-corrected chi connectivity index (χ0v) is 17.7. The van der Waals surface area contributed by atoms with E-state index in [2.05, 4.69) is 56.1 Å². The molecule has 0 spiro atoms. The number of quaternary nitrogens is 2. The third kappa shape index (κ3) is 49.6. The first kappa shape index (κ1) is 28.0. The monoisotopic (exact) mass is 348 g/mol. The summed E-state index contributed by atoms with van der Waals surface area (Å²) in [4.78, 5) is 8.33. The van der Waals surface area contributed by atoms with Crippen LogP contribution in [0.4, 0.5) is 4.79 Å². The molecule has 0 bridgehead atoms. The van der Waals surface area contributed by atoms with Gasteiger partial charge in [-0.25, -0.2) is 0 Å². The van der Waals surface area contributed by atoms with Gasteiger partial charge >= 0.3 is 0 Å². The van der Waals surface area contributed by atoms with Crippen LogP contribution < -0.4 is 10.2 Å². The summed E-state index contributed by atoms with van der Waals surface area (Å²) in [6.07, 6.45) is 8.75. The van der Waals surface area contributed by atoms with Crippen LogP contribution in [0, 0.1) is 0 Å². The van der Waals surface area contributed by atoms with Crippen molar-refractivity contribution in [3.63, 3.8) is 0 Å². The number of carbonyl (C=O) groups is 1. The van der Waals surface area contributed by atoms with E-state index >= 15 is 0 Å². The third-order valence-electron chi connectivity index (χ3n) is 3.36. The van der Waals surface area contributed by atoms with Gasteiger partial charge in [0.2, 0.25) is 0 Å². The second-order valence-electron chi connectivity index (χ2n) is 8.40. The molecule has 0 saturated carbocycles. The average Bonchev–Trinajstić information content (AvgIpc) is 2.38. The Morgan fingerprint density at radius 3 is 1.04 bits per heavy atom. The summed E-state index contributed by atoms with van der Waals surface area (Å²) in [6.45, 7) is 7.15. The number of unbranched alkanes of at least 4 members (excludes halogenated alkanes) is 6. The molecule has 0 amide bonds. The fraction of sp³-hybridized carbons (Fsp3) is 0.947. The summed E-state index contributed by atoms with van der Waals surface area (Å²) in [5.41, 5.74) is 0. The lowest BCUT2D eigenvalue weighted by atomic mass is 10.2. The molecule has 0 aliphatic rings. The Morgan fingerprint density at radius 1 is 0.625 bits per heavy atom. The lowest BCUT2D eigenvalue weighted by molar-refractivity contribution is -0.870. The molecule has 148 valence electrons. The van der Waals surface area contributed by atoms with Crippen molar-refractivity contribution in [3.05, 3.63) is 0 Å². The van der Waals surface area contributed by atoms with Crippen LogP contribution in [0.3, 0.4) is 0 Å². The van der Waals surface area contributed by atoms with Crippen LogP contribution in [-0.4, -0.2) is 70.5 Å². The van der Waals surface area contributed by atoms with E-state index < -0.39 is 6.16 Å². The Hall–Kier alpha value is -0.810. The molecule has 5 heteroatoms. The lowest BCUT2D eigenvalue weighted by Gasteiger charge is -2.23. The molecule has 0 aliphatic heterocycles. The number of hydrogen-bond acceptors (Lipinski definition) is 3. The summed E-state index contributed by atoms with van der Waals surface area (Å²) in [6, 6.07) is 0. The standard InChI is InChI=1S/2C9H22N.CH2O3/c2*1-5-6-7-8-9-10(2,3)4;2-1(3)4/h2*5-9H2,1-4H3;(H2,2,3,4)/q2*+1;/p-2. The molecule has 0 rings (SSSR count). The zero-order chi connectivity index (χ0) is 19.6. The maximum Gasteiger partial charge on any atom is 0.0780 e. The summed E-state index contributed by atoms with van der Waals surface area (Å²) in [5.74, 6) is 0. The molecule has 0 aromatic rings. The normalized spacial score (nSPS) is 11.0. The fourth-order valence-electron chi connectivity index (χ4n) is 2.03. The molecular weight excluding hydrogens is 304 g/mol. The topological polar surface area (TPSA) is 63.2 Å². The first-order valence-corrected chi connectivity index (χ1v) is 9.34. The minimum atomic E-state index is -2.33. The van der Waals surface area contributed by atoms with E-state index in [9.17, 15) is 0 Å². The van der Waals surface area contributed by atoms with Gasteiger partial charge in [0.1, 0.15) is 0 Å². The van der Waals surface area contributed by atoms with E-state index in [1.165, 1.54) is 64.5 Å². The van der Waals surface area contributed by atoms with E-state index in [1.54, 1.807) is 0 Å². The van der Waals surface area contributed by atoms with Gasteiger partial charge in [-0.15, -0.1) is 0 Å². The van der Waals surface area contributed by atoms with Gasteiger partial charge in [0.15, 0.2) is 0 Å². The van der Waals surface area contributed by atoms with Crippen LogP contribution in [0.5, 0.6) is 0 Å². The highest BCUT2D eigenvalue weighted by molar-refractivity contribution is 5.47. The van der Waals surface area contributed by atoms with Crippen molar-refractivity contribution in [1.82, 2.24) is 0 Å². The second kappa shape index (κ2) is 17.0. The van der Waals surface area contributed by atoms with E-state index in [4.69, 9.17) is 15.0 Å². The number of nitrogens with zero attached hydrogens (tertiary/aromatic N) is 2. The zero-order valence-electron chi connectivity index (χ0n) is 17.7. The van der Waals surface area contributed by atoms with Crippen molar-refractivity contribution >= 4 is 6.16 Å². The Morgan fingerprint density at radius 2 is 0.875 bits per heavy atom. The first-order chi connectivity index (χ1) is 10.9. The maximum atomic E-state index is 8.33.